The summed E-state index contributed by atoms with van der Waals surface area (Å²) in [7, 11) is -2.15. The number of benzene rings is 2. The van der Waals surface area contributed by atoms with Crippen LogP contribution < -0.4 is 14.4 Å². The molecule has 35 heavy (non-hydrogen) atoms. The summed E-state index contributed by atoms with van der Waals surface area (Å²) in [5.74, 6) is -0.0570. The summed E-state index contributed by atoms with van der Waals surface area (Å²) in [4.78, 5) is 27.2. The molecular formula is C24H31BrClN3O5S. The fourth-order valence-electron chi connectivity index (χ4n) is 3.51. The van der Waals surface area contributed by atoms with E-state index in [1.807, 2.05) is 31.2 Å². The van der Waals surface area contributed by atoms with Gasteiger partial charge in [-0.05, 0) is 56.2 Å². The van der Waals surface area contributed by atoms with Crippen molar-refractivity contribution < 1.29 is 22.7 Å². The molecule has 2 aromatic carbocycles. The molecule has 0 aliphatic carbocycles. The van der Waals surface area contributed by atoms with Crippen LogP contribution in [0.1, 0.15) is 32.3 Å². The largest absolute Gasteiger partial charge is 0.495 e. The van der Waals surface area contributed by atoms with Gasteiger partial charge in [-0.2, -0.15) is 0 Å². The number of carbonyl (C=O) groups is 2. The van der Waals surface area contributed by atoms with Gasteiger partial charge in [0.1, 0.15) is 11.8 Å². The summed E-state index contributed by atoms with van der Waals surface area (Å²) in [6.45, 7) is 4.29. The number of ether oxygens (including phenoxy) is 1. The van der Waals surface area contributed by atoms with Gasteiger partial charge in [0.25, 0.3) is 0 Å². The van der Waals surface area contributed by atoms with E-state index in [0.29, 0.717) is 18.0 Å². The van der Waals surface area contributed by atoms with Gasteiger partial charge in [0.15, 0.2) is 0 Å². The van der Waals surface area contributed by atoms with E-state index in [1.165, 1.54) is 22.4 Å². The molecule has 0 spiro atoms. The molecule has 0 fully saturated rings. The Balaban J connectivity index is 2.17. The van der Waals surface area contributed by atoms with Crippen molar-refractivity contribution >= 4 is 55.1 Å². The van der Waals surface area contributed by atoms with Gasteiger partial charge in [0.05, 0.1) is 24.1 Å². The first-order chi connectivity index (χ1) is 16.5. The number of halogens is 2. The fraction of sp³-hybridized carbons (Fsp3) is 0.417. The SMILES string of the molecule is CCNC(=O)C(C)N(Cc1ccc(Br)cc1)C(=O)CCCN(c1ccc(OC)c(Cl)c1)S(C)(=O)=O. The van der Waals surface area contributed by atoms with Crippen molar-refractivity contribution in [3.63, 3.8) is 0 Å². The summed E-state index contributed by atoms with van der Waals surface area (Å²) in [6.07, 6.45) is 1.43. The topological polar surface area (TPSA) is 96.0 Å². The molecule has 0 radical (unpaired) electrons. The molecule has 1 N–H and O–H groups in total. The normalized spacial score (nSPS) is 12.1. The minimum absolute atomic E-state index is 0.0657. The highest BCUT2D eigenvalue weighted by Crippen LogP contribution is 2.30. The molecule has 2 aromatic rings. The Bertz CT molecular complexity index is 1130. The third kappa shape index (κ3) is 8.40. The molecule has 192 valence electrons. The number of likely N-dealkylation sites (N-methyl/N-ethyl adjacent to an activating group) is 1. The van der Waals surface area contributed by atoms with E-state index in [-0.39, 0.29) is 42.8 Å². The Kier molecular flexibility index (Phi) is 10.9. The molecule has 0 aromatic heterocycles. The minimum Gasteiger partial charge on any atom is -0.495 e. The number of rotatable bonds is 12. The molecule has 0 aliphatic rings. The van der Waals surface area contributed by atoms with Crippen LogP contribution in [0.3, 0.4) is 0 Å². The number of hydrogen-bond acceptors (Lipinski definition) is 5. The van der Waals surface area contributed by atoms with Crippen LogP contribution in [0.5, 0.6) is 5.75 Å². The van der Waals surface area contributed by atoms with Crippen LogP contribution in [0, 0.1) is 0 Å². The number of carbonyl (C=O) groups excluding carboxylic acids is 2. The molecule has 2 amide bonds. The second kappa shape index (κ2) is 13.1. The predicted octanol–water partition coefficient (Wildman–Crippen LogP) is 4.21. The van der Waals surface area contributed by atoms with E-state index in [9.17, 15) is 18.0 Å². The standard InChI is InChI=1S/C24H31BrClN3O5S/c1-5-27-24(31)17(2)28(16-18-8-10-19(25)11-9-18)23(30)7-6-14-29(35(4,32)33)20-12-13-22(34-3)21(26)15-20/h8-13,15,17H,5-7,14,16H2,1-4H3,(H,27,31). The first-order valence-electron chi connectivity index (χ1n) is 11.1. The van der Waals surface area contributed by atoms with Gasteiger partial charge in [-0.25, -0.2) is 8.42 Å². The monoisotopic (exact) mass is 587 g/mol. The predicted molar refractivity (Wildman–Crippen MR) is 142 cm³/mol. The lowest BCUT2D eigenvalue weighted by atomic mass is 10.1. The zero-order chi connectivity index (χ0) is 26.2. The summed E-state index contributed by atoms with van der Waals surface area (Å²) in [6, 6.07) is 11.5. The number of anilines is 1. The van der Waals surface area contributed by atoms with Crippen LogP contribution in [0.15, 0.2) is 46.9 Å². The van der Waals surface area contributed by atoms with Crippen molar-refractivity contribution in [3.8, 4) is 5.75 Å². The molecule has 11 heteroatoms. The molecule has 8 nitrogen and oxygen atoms in total. The number of sulfonamides is 1. The lowest BCUT2D eigenvalue weighted by Crippen LogP contribution is -2.47. The quantitative estimate of drug-likeness (QED) is 0.401. The molecule has 1 atom stereocenters. The van der Waals surface area contributed by atoms with Crippen LogP contribution in [-0.4, -0.2) is 57.6 Å². The number of amides is 2. The van der Waals surface area contributed by atoms with Crippen molar-refractivity contribution in [3.05, 3.63) is 57.5 Å². The highest BCUT2D eigenvalue weighted by Gasteiger charge is 2.26. The van der Waals surface area contributed by atoms with Crippen molar-refractivity contribution in [2.24, 2.45) is 0 Å². The minimum atomic E-state index is -3.62. The van der Waals surface area contributed by atoms with Gasteiger partial charge < -0.3 is 15.0 Å². The maximum absolute atomic E-state index is 13.2. The Labute approximate surface area is 220 Å². The van der Waals surface area contributed by atoms with Gasteiger partial charge in [-0.15, -0.1) is 0 Å². The first-order valence-corrected chi connectivity index (χ1v) is 14.1. The lowest BCUT2D eigenvalue weighted by molar-refractivity contribution is -0.140. The molecule has 0 saturated heterocycles. The maximum Gasteiger partial charge on any atom is 0.242 e. The van der Waals surface area contributed by atoms with Crippen molar-refractivity contribution in [1.82, 2.24) is 10.2 Å². The Hall–Kier alpha value is -2.30. The van der Waals surface area contributed by atoms with Gasteiger partial charge in [0.2, 0.25) is 21.8 Å². The van der Waals surface area contributed by atoms with E-state index in [0.717, 1.165) is 16.3 Å². The smallest absolute Gasteiger partial charge is 0.242 e. The van der Waals surface area contributed by atoms with Crippen LogP contribution in [0.4, 0.5) is 5.69 Å². The average molecular weight is 589 g/mol. The van der Waals surface area contributed by atoms with E-state index >= 15 is 0 Å². The molecular weight excluding hydrogens is 558 g/mol. The second-order valence-electron chi connectivity index (χ2n) is 7.98. The molecule has 0 saturated carbocycles. The number of methoxy groups -OCH3 is 1. The number of nitrogens with one attached hydrogen (secondary N) is 1. The Morgan fingerprint density at radius 3 is 2.37 bits per heavy atom. The highest BCUT2D eigenvalue weighted by molar-refractivity contribution is 9.10. The number of hydrogen-bond donors (Lipinski definition) is 1. The molecule has 0 aliphatic heterocycles. The third-order valence-corrected chi connectivity index (χ3v) is 7.38. The Morgan fingerprint density at radius 1 is 1.17 bits per heavy atom. The average Bonchev–Trinajstić information content (AvgIpc) is 2.80. The van der Waals surface area contributed by atoms with Crippen molar-refractivity contribution in [2.75, 3.05) is 30.8 Å². The van der Waals surface area contributed by atoms with Crippen molar-refractivity contribution in [1.29, 1.82) is 0 Å². The van der Waals surface area contributed by atoms with E-state index in [2.05, 4.69) is 21.2 Å². The molecule has 2 rings (SSSR count). The van der Waals surface area contributed by atoms with Crippen LogP contribution in [0.25, 0.3) is 0 Å². The lowest BCUT2D eigenvalue weighted by Gasteiger charge is -2.29. The summed E-state index contributed by atoms with van der Waals surface area (Å²) in [5.41, 5.74) is 1.26. The van der Waals surface area contributed by atoms with Gasteiger partial charge >= 0.3 is 0 Å². The summed E-state index contributed by atoms with van der Waals surface area (Å²) < 4.78 is 32.1. The fourth-order valence-corrected chi connectivity index (χ4v) is 4.98. The Morgan fingerprint density at radius 2 is 1.83 bits per heavy atom. The van der Waals surface area contributed by atoms with Crippen molar-refractivity contribution in [2.45, 2.75) is 39.3 Å². The third-order valence-electron chi connectivity index (χ3n) is 5.36. The van der Waals surface area contributed by atoms with Gasteiger partial charge in [-0.1, -0.05) is 39.7 Å². The maximum atomic E-state index is 13.2. The highest BCUT2D eigenvalue weighted by atomic mass is 79.9. The second-order valence-corrected chi connectivity index (χ2v) is 11.2. The number of nitrogens with zero attached hydrogens (tertiary/aromatic N) is 2. The molecule has 1 unspecified atom stereocenters. The summed E-state index contributed by atoms with van der Waals surface area (Å²) >= 11 is 9.57. The zero-order valence-electron chi connectivity index (χ0n) is 20.3. The van der Waals surface area contributed by atoms with Crippen LogP contribution in [0.2, 0.25) is 5.02 Å². The molecule has 0 bridgehead atoms. The summed E-state index contributed by atoms with van der Waals surface area (Å²) in [5, 5.41) is 3.04. The van der Waals surface area contributed by atoms with Crippen LogP contribution >= 0.6 is 27.5 Å². The van der Waals surface area contributed by atoms with E-state index in [1.54, 1.807) is 19.1 Å². The van der Waals surface area contributed by atoms with E-state index < -0.39 is 16.1 Å². The van der Waals surface area contributed by atoms with Gasteiger partial charge in [-0.3, -0.25) is 13.9 Å². The molecule has 0 heterocycles. The van der Waals surface area contributed by atoms with Gasteiger partial charge in [0, 0.05) is 30.5 Å². The first kappa shape index (κ1) is 28.9. The van der Waals surface area contributed by atoms with E-state index in [4.69, 9.17) is 16.3 Å². The van der Waals surface area contributed by atoms with Crippen LogP contribution in [-0.2, 0) is 26.2 Å². The zero-order valence-corrected chi connectivity index (χ0v) is 23.4.